The maximum Gasteiger partial charge on any atom is 0.289 e. The molecule has 7 nitrogen and oxygen atoms in total. The van der Waals surface area contributed by atoms with Gasteiger partial charge < -0.3 is 24.3 Å². The van der Waals surface area contributed by atoms with Crippen LogP contribution in [0.3, 0.4) is 0 Å². The number of hydrogen-bond acceptors (Lipinski definition) is 4. The Bertz CT molecular complexity index is 856. The normalized spacial score (nSPS) is 17.6. The summed E-state index contributed by atoms with van der Waals surface area (Å²) in [5.74, 6) is 2.15. The van der Waals surface area contributed by atoms with E-state index in [4.69, 9.17) is 9.15 Å². The minimum atomic E-state index is -0.0527. The molecule has 1 N–H and O–H groups in total. The van der Waals surface area contributed by atoms with Crippen molar-refractivity contribution in [1.29, 1.82) is 0 Å². The molecule has 1 saturated heterocycles. The van der Waals surface area contributed by atoms with E-state index >= 15 is 0 Å². The van der Waals surface area contributed by atoms with Crippen molar-refractivity contribution in [2.45, 2.75) is 44.8 Å². The zero-order valence-corrected chi connectivity index (χ0v) is 21.0. The van der Waals surface area contributed by atoms with Crippen molar-refractivity contribution in [3.8, 4) is 5.75 Å². The van der Waals surface area contributed by atoms with E-state index in [-0.39, 0.29) is 29.9 Å². The quantitative estimate of drug-likeness (QED) is 0.343. The number of aliphatic imine (C=N–C) groups is 1. The van der Waals surface area contributed by atoms with Gasteiger partial charge in [-0.1, -0.05) is 18.6 Å². The highest BCUT2D eigenvalue weighted by Gasteiger charge is 2.25. The van der Waals surface area contributed by atoms with Crippen molar-refractivity contribution < 1.29 is 13.9 Å². The number of rotatable bonds is 5. The van der Waals surface area contributed by atoms with Crippen LogP contribution in [-0.2, 0) is 6.54 Å². The van der Waals surface area contributed by atoms with Gasteiger partial charge >= 0.3 is 0 Å². The number of nitrogens with one attached hydrogen (secondary N) is 1. The lowest BCUT2D eigenvalue weighted by Gasteiger charge is -2.36. The minimum Gasteiger partial charge on any atom is -0.490 e. The molecular weight excluding hydrogens is 519 g/mol. The van der Waals surface area contributed by atoms with Crippen molar-refractivity contribution in [2.75, 3.05) is 33.2 Å². The molecule has 0 atom stereocenters. The maximum atomic E-state index is 12.4. The lowest BCUT2D eigenvalue weighted by molar-refractivity contribution is 0.0657. The third-order valence-electron chi connectivity index (χ3n) is 6.04. The number of furan rings is 1. The molecule has 2 heterocycles. The van der Waals surface area contributed by atoms with Gasteiger partial charge in [0.1, 0.15) is 5.75 Å². The zero-order valence-electron chi connectivity index (χ0n) is 18.7. The molecule has 1 aromatic carbocycles. The Morgan fingerprint density at radius 3 is 2.38 bits per heavy atom. The largest absolute Gasteiger partial charge is 0.490 e. The summed E-state index contributed by atoms with van der Waals surface area (Å²) in [6.45, 7) is 3.46. The fraction of sp³-hybridized carbons (Fsp3) is 0.500. The second-order valence-corrected chi connectivity index (χ2v) is 8.18. The van der Waals surface area contributed by atoms with Crippen LogP contribution in [0.5, 0.6) is 5.75 Å². The summed E-state index contributed by atoms with van der Waals surface area (Å²) in [6, 6.07) is 11.8. The molecule has 0 radical (unpaired) electrons. The molecule has 0 spiro atoms. The number of nitrogens with zero attached hydrogens (tertiary/aromatic N) is 3. The molecule has 2 aromatic rings. The van der Waals surface area contributed by atoms with Crippen molar-refractivity contribution in [3.63, 3.8) is 0 Å². The first-order chi connectivity index (χ1) is 15.2. The fourth-order valence-electron chi connectivity index (χ4n) is 4.25. The Morgan fingerprint density at radius 1 is 1.06 bits per heavy atom. The van der Waals surface area contributed by atoms with Crippen molar-refractivity contribution >= 4 is 35.8 Å². The molecule has 32 heavy (non-hydrogen) atoms. The molecule has 1 saturated carbocycles. The van der Waals surface area contributed by atoms with Gasteiger partial charge in [0.15, 0.2) is 11.7 Å². The summed E-state index contributed by atoms with van der Waals surface area (Å²) in [5, 5.41) is 3.44. The number of guanidine groups is 1. The van der Waals surface area contributed by atoms with E-state index in [2.05, 4.69) is 39.5 Å². The predicted octanol–water partition coefficient (Wildman–Crippen LogP) is 4.14. The second kappa shape index (κ2) is 12.1. The van der Waals surface area contributed by atoms with E-state index in [1.165, 1.54) is 43.9 Å². The van der Waals surface area contributed by atoms with Gasteiger partial charge in [0.25, 0.3) is 5.91 Å². The highest BCUT2D eigenvalue weighted by atomic mass is 127. The van der Waals surface area contributed by atoms with Crippen LogP contribution in [0.2, 0.25) is 0 Å². The number of ether oxygens (including phenoxy) is 1. The minimum absolute atomic E-state index is 0. The molecule has 1 aliphatic carbocycles. The van der Waals surface area contributed by atoms with Gasteiger partial charge in [0, 0.05) is 39.8 Å². The highest BCUT2D eigenvalue weighted by Crippen LogP contribution is 2.23. The number of amides is 1. The molecule has 1 amide bonds. The van der Waals surface area contributed by atoms with Crippen LogP contribution in [0.4, 0.5) is 0 Å². The first-order valence-electron chi connectivity index (χ1n) is 11.3. The summed E-state index contributed by atoms with van der Waals surface area (Å²) in [6.07, 6.45) is 8.12. The topological polar surface area (TPSA) is 70.3 Å². The number of carbonyl (C=O) groups is 1. The number of halogens is 1. The molecular formula is C24H33IN4O3. The van der Waals surface area contributed by atoms with Crippen LogP contribution in [0.25, 0.3) is 0 Å². The number of hydrogen-bond donors (Lipinski definition) is 1. The standard InChI is InChI=1S/C24H32N4O3.HI/c1-25-24(28-15-13-27(14-16-28)23(29)22-8-5-17-30-22)26-18-19-9-11-21(12-10-19)31-20-6-3-2-4-7-20;/h5,8-12,17,20H,2-4,6-7,13-16,18H2,1H3,(H,25,26);1H. The second-order valence-electron chi connectivity index (χ2n) is 8.18. The Labute approximate surface area is 207 Å². The number of benzene rings is 1. The highest BCUT2D eigenvalue weighted by molar-refractivity contribution is 14.0. The Hall–Kier alpha value is -2.23. The Balaban J connectivity index is 0.00000289. The van der Waals surface area contributed by atoms with Crippen LogP contribution in [0, 0.1) is 0 Å². The van der Waals surface area contributed by atoms with E-state index in [1.807, 2.05) is 4.90 Å². The summed E-state index contributed by atoms with van der Waals surface area (Å²) in [4.78, 5) is 20.9. The van der Waals surface area contributed by atoms with Gasteiger partial charge in [-0.2, -0.15) is 0 Å². The van der Waals surface area contributed by atoms with Gasteiger partial charge in [0.2, 0.25) is 0 Å². The zero-order chi connectivity index (χ0) is 21.5. The van der Waals surface area contributed by atoms with Crippen molar-refractivity contribution in [2.24, 2.45) is 4.99 Å². The molecule has 4 rings (SSSR count). The molecule has 174 valence electrons. The van der Waals surface area contributed by atoms with Gasteiger partial charge in [-0.3, -0.25) is 9.79 Å². The van der Waals surface area contributed by atoms with Crippen LogP contribution in [0.15, 0.2) is 52.1 Å². The average molecular weight is 552 g/mol. The third-order valence-corrected chi connectivity index (χ3v) is 6.04. The van der Waals surface area contributed by atoms with Gasteiger partial charge in [-0.05, 0) is 55.5 Å². The third kappa shape index (κ3) is 6.40. The monoisotopic (exact) mass is 552 g/mol. The van der Waals surface area contributed by atoms with E-state index in [0.29, 0.717) is 31.5 Å². The Morgan fingerprint density at radius 2 is 1.75 bits per heavy atom. The van der Waals surface area contributed by atoms with Crippen LogP contribution in [0.1, 0.15) is 48.2 Å². The van der Waals surface area contributed by atoms with Gasteiger partial charge in [-0.25, -0.2) is 0 Å². The first kappa shape index (κ1) is 24.4. The first-order valence-corrected chi connectivity index (χ1v) is 11.3. The number of piperazine rings is 1. The molecule has 1 aliphatic heterocycles. The smallest absolute Gasteiger partial charge is 0.289 e. The fourth-order valence-corrected chi connectivity index (χ4v) is 4.25. The van der Waals surface area contributed by atoms with Crippen LogP contribution < -0.4 is 10.1 Å². The Kier molecular flexibility index (Phi) is 9.25. The molecule has 1 aromatic heterocycles. The molecule has 2 aliphatic rings. The van der Waals surface area contributed by atoms with Crippen molar-refractivity contribution in [3.05, 3.63) is 54.0 Å². The SMILES string of the molecule is CN=C(NCc1ccc(OC2CCCCC2)cc1)N1CCN(C(=O)c2ccco2)CC1.I. The average Bonchev–Trinajstić information content (AvgIpc) is 3.36. The molecule has 8 heteroatoms. The van der Waals surface area contributed by atoms with E-state index < -0.39 is 0 Å². The van der Waals surface area contributed by atoms with Crippen LogP contribution in [-0.4, -0.2) is 61.0 Å². The van der Waals surface area contributed by atoms with E-state index in [1.54, 1.807) is 19.2 Å². The van der Waals surface area contributed by atoms with E-state index in [0.717, 1.165) is 24.8 Å². The summed E-state index contributed by atoms with van der Waals surface area (Å²) >= 11 is 0. The molecule has 0 unspecified atom stereocenters. The van der Waals surface area contributed by atoms with Gasteiger partial charge in [-0.15, -0.1) is 24.0 Å². The van der Waals surface area contributed by atoms with Crippen LogP contribution >= 0.6 is 24.0 Å². The summed E-state index contributed by atoms with van der Waals surface area (Å²) in [5.41, 5.74) is 1.18. The lowest BCUT2D eigenvalue weighted by Crippen LogP contribution is -2.53. The predicted molar refractivity (Wildman–Crippen MR) is 136 cm³/mol. The van der Waals surface area contributed by atoms with Gasteiger partial charge in [0.05, 0.1) is 12.4 Å². The molecule has 2 fully saturated rings. The molecule has 0 bridgehead atoms. The number of carbonyl (C=O) groups excluding carboxylic acids is 1. The summed E-state index contributed by atoms with van der Waals surface area (Å²) in [7, 11) is 1.80. The van der Waals surface area contributed by atoms with E-state index in [9.17, 15) is 4.79 Å². The summed E-state index contributed by atoms with van der Waals surface area (Å²) < 4.78 is 11.3. The van der Waals surface area contributed by atoms with Crippen molar-refractivity contribution in [1.82, 2.24) is 15.1 Å². The maximum absolute atomic E-state index is 12.4. The lowest BCUT2D eigenvalue weighted by atomic mass is 9.98.